The van der Waals surface area contributed by atoms with Gasteiger partial charge in [-0.1, -0.05) is 19.3 Å². The highest BCUT2D eigenvalue weighted by molar-refractivity contribution is 5.83. The molecule has 1 unspecified atom stereocenters. The number of amides is 2. The molecule has 0 aromatic heterocycles. The second-order valence-corrected chi connectivity index (χ2v) is 6.39. The van der Waals surface area contributed by atoms with E-state index in [2.05, 4.69) is 10.6 Å². The summed E-state index contributed by atoms with van der Waals surface area (Å²) < 4.78 is 0. The van der Waals surface area contributed by atoms with Crippen molar-refractivity contribution in [1.29, 1.82) is 0 Å². The van der Waals surface area contributed by atoms with Gasteiger partial charge in [-0.25, -0.2) is 0 Å². The predicted octanol–water partition coefficient (Wildman–Crippen LogP) is 1.43. The number of carbonyl (C=O) groups is 2. The zero-order chi connectivity index (χ0) is 15.1. The van der Waals surface area contributed by atoms with Gasteiger partial charge in [-0.3, -0.25) is 14.9 Å². The Kier molecular flexibility index (Phi) is 6.49. The molecule has 2 fully saturated rings. The van der Waals surface area contributed by atoms with Crippen LogP contribution >= 0.6 is 0 Å². The number of hydrogen-bond acceptors (Lipinski definition) is 3. The molecule has 0 bridgehead atoms. The quantitative estimate of drug-likeness (QED) is 0.806. The van der Waals surface area contributed by atoms with E-state index < -0.39 is 0 Å². The summed E-state index contributed by atoms with van der Waals surface area (Å²) in [6.45, 7) is 3.81. The molecule has 0 aromatic carbocycles. The zero-order valence-corrected chi connectivity index (χ0v) is 13.2. The average molecular weight is 295 g/mol. The lowest BCUT2D eigenvalue weighted by Crippen LogP contribution is -2.50. The van der Waals surface area contributed by atoms with Gasteiger partial charge in [-0.05, 0) is 39.0 Å². The van der Waals surface area contributed by atoms with E-state index in [1.807, 2.05) is 11.8 Å². The molecule has 5 nitrogen and oxygen atoms in total. The Morgan fingerprint density at radius 1 is 1.05 bits per heavy atom. The van der Waals surface area contributed by atoms with Gasteiger partial charge in [0.15, 0.2) is 0 Å². The van der Waals surface area contributed by atoms with Crippen LogP contribution in [0.3, 0.4) is 0 Å². The van der Waals surface area contributed by atoms with E-state index in [0.29, 0.717) is 6.04 Å². The Morgan fingerprint density at radius 2 is 1.67 bits per heavy atom. The van der Waals surface area contributed by atoms with Crippen LogP contribution < -0.4 is 10.6 Å². The van der Waals surface area contributed by atoms with Gasteiger partial charge in [0, 0.05) is 19.1 Å². The summed E-state index contributed by atoms with van der Waals surface area (Å²) in [7, 11) is 0. The minimum absolute atomic E-state index is 0.0141. The van der Waals surface area contributed by atoms with Crippen molar-refractivity contribution in [3.8, 4) is 0 Å². The second-order valence-electron chi connectivity index (χ2n) is 6.39. The van der Waals surface area contributed by atoms with Crippen LogP contribution in [0.4, 0.5) is 0 Å². The van der Waals surface area contributed by atoms with Crippen molar-refractivity contribution in [3.63, 3.8) is 0 Å². The maximum atomic E-state index is 12.2. The van der Waals surface area contributed by atoms with Crippen LogP contribution in [0.5, 0.6) is 0 Å². The van der Waals surface area contributed by atoms with Crippen molar-refractivity contribution in [2.24, 2.45) is 0 Å². The third-order valence-corrected chi connectivity index (χ3v) is 4.58. The highest BCUT2D eigenvalue weighted by Gasteiger charge is 2.22. The second kappa shape index (κ2) is 8.37. The number of piperidine rings is 1. The molecule has 5 heteroatoms. The number of likely N-dealkylation sites (tertiary alicyclic amines) is 1. The largest absolute Gasteiger partial charge is 0.352 e. The summed E-state index contributed by atoms with van der Waals surface area (Å²) in [5.74, 6) is 0.139. The molecular weight excluding hydrogens is 266 g/mol. The van der Waals surface area contributed by atoms with E-state index in [1.54, 1.807) is 0 Å². The average Bonchev–Trinajstić information content (AvgIpc) is 2.53. The number of nitrogens with one attached hydrogen (secondary N) is 2. The minimum atomic E-state index is -0.278. The Bertz CT molecular complexity index is 347. The summed E-state index contributed by atoms with van der Waals surface area (Å²) in [5, 5.41) is 6.13. The molecule has 1 saturated heterocycles. The van der Waals surface area contributed by atoms with Crippen molar-refractivity contribution >= 4 is 11.8 Å². The summed E-state index contributed by atoms with van der Waals surface area (Å²) in [5.41, 5.74) is 0. The van der Waals surface area contributed by atoms with Crippen LogP contribution in [0.2, 0.25) is 0 Å². The minimum Gasteiger partial charge on any atom is -0.352 e. The number of rotatable bonds is 5. The Labute approximate surface area is 127 Å². The monoisotopic (exact) mass is 295 g/mol. The molecule has 2 N–H and O–H groups in total. The first-order valence-electron chi connectivity index (χ1n) is 8.48. The summed E-state index contributed by atoms with van der Waals surface area (Å²) in [6, 6.07) is 0.0568. The molecule has 120 valence electrons. The molecule has 0 spiro atoms. The third kappa shape index (κ3) is 5.30. The fourth-order valence-electron chi connectivity index (χ4n) is 3.25. The Hall–Kier alpha value is -1.10. The molecule has 1 aliphatic carbocycles. The lowest BCUT2D eigenvalue weighted by Gasteiger charge is -2.29. The van der Waals surface area contributed by atoms with Crippen molar-refractivity contribution in [2.75, 3.05) is 19.6 Å². The standard InChI is InChI=1S/C16H29N3O2/c1-13(16(21)19-10-6-3-7-11-19)17-12-15(20)18-14-8-4-2-5-9-14/h13-14,17H,2-12H2,1H3,(H,18,20). The van der Waals surface area contributed by atoms with Crippen LogP contribution in [0.15, 0.2) is 0 Å². The van der Waals surface area contributed by atoms with Gasteiger partial charge in [0.1, 0.15) is 0 Å². The van der Waals surface area contributed by atoms with Crippen molar-refractivity contribution in [3.05, 3.63) is 0 Å². The van der Waals surface area contributed by atoms with Crippen molar-refractivity contribution < 1.29 is 9.59 Å². The van der Waals surface area contributed by atoms with E-state index in [4.69, 9.17) is 0 Å². The lowest BCUT2D eigenvalue weighted by atomic mass is 9.95. The molecule has 21 heavy (non-hydrogen) atoms. The highest BCUT2D eigenvalue weighted by Crippen LogP contribution is 2.17. The smallest absolute Gasteiger partial charge is 0.239 e. The lowest BCUT2D eigenvalue weighted by molar-refractivity contribution is -0.134. The molecular formula is C16H29N3O2. The molecule has 2 aliphatic rings. The van der Waals surface area contributed by atoms with Crippen molar-refractivity contribution in [2.45, 2.75) is 70.4 Å². The van der Waals surface area contributed by atoms with E-state index in [0.717, 1.165) is 38.8 Å². The van der Waals surface area contributed by atoms with Gasteiger partial charge in [-0.2, -0.15) is 0 Å². The van der Waals surface area contributed by atoms with Gasteiger partial charge in [0.25, 0.3) is 0 Å². The number of hydrogen-bond donors (Lipinski definition) is 2. The SMILES string of the molecule is CC(NCC(=O)NC1CCCCC1)C(=O)N1CCCCC1. The summed E-state index contributed by atoms with van der Waals surface area (Å²) >= 11 is 0. The maximum Gasteiger partial charge on any atom is 0.239 e. The van der Waals surface area contributed by atoms with Crippen molar-refractivity contribution in [1.82, 2.24) is 15.5 Å². The van der Waals surface area contributed by atoms with Gasteiger partial charge >= 0.3 is 0 Å². The van der Waals surface area contributed by atoms with Gasteiger partial charge in [0.05, 0.1) is 12.6 Å². The van der Waals surface area contributed by atoms with E-state index in [-0.39, 0.29) is 24.4 Å². The highest BCUT2D eigenvalue weighted by atomic mass is 16.2. The van der Waals surface area contributed by atoms with E-state index >= 15 is 0 Å². The van der Waals surface area contributed by atoms with Gasteiger partial charge in [0.2, 0.25) is 11.8 Å². The molecule has 0 aromatic rings. The van der Waals surface area contributed by atoms with Gasteiger partial charge < -0.3 is 10.2 Å². The Morgan fingerprint density at radius 3 is 2.33 bits per heavy atom. The molecule has 1 heterocycles. The maximum absolute atomic E-state index is 12.2. The molecule has 2 rings (SSSR count). The Balaban J connectivity index is 1.66. The van der Waals surface area contributed by atoms with Crippen LogP contribution in [0.25, 0.3) is 0 Å². The molecule has 1 aliphatic heterocycles. The first-order valence-corrected chi connectivity index (χ1v) is 8.48. The molecule has 2 amide bonds. The summed E-state index contributed by atoms with van der Waals surface area (Å²) in [6.07, 6.45) is 9.30. The number of nitrogens with zero attached hydrogens (tertiary/aromatic N) is 1. The van der Waals surface area contributed by atoms with E-state index in [1.165, 1.54) is 25.7 Å². The topological polar surface area (TPSA) is 61.4 Å². The summed E-state index contributed by atoms with van der Waals surface area (Å²) in [4.78, 5) is 26.1. The molecule has 1 saturated carbocycles. The van der Waals surface area contributed by atoms with Gasteiger partial charge in [-0.15, -0.1) is 0 Å². The van der Waals surface area contributed by atoms with Crippen LogP contribution in [0.1, 0.15) is 58.3 Å². The van der Waals surface area contributed by atoms with E-state index in [9.17, 15) is 9.59 Å². The normalized spacial score (nSPS) is 21.9. The fourth-order valence-corrected chi connectivity index (χ4v) is 3.25. The fraction of sp³-hybridized carbons (Fsp3) is 0.875. The van der Waals surface area contributed by atoms with Crippen LogP contribution in [0, 0.1) is 0 Å². The first-order chi connectivity index (χ1) is 10.2. The third-order valence-electron chi connectivity index (χ3n) is 4.58. The number of carbonyl (C=O) groups excluding carboxylic acids is 2. The predicted molar refractivity (Wildman–Crippen MR) is 82.9 cm³/mol. The first kappa shape index (κ1) is 16.3. The van der Waals surface area contributed by atoms with Crippen LogP contribution in [-0.4, -0.2) is 48.4 Å². The molecule has 0 radical (unpaired) electrons. The zero-order valence-electron chi connectivity index (χ0n) is 13.2. The molecule has 1 atom stereocenters. The van der Waals surface area contributed by atoms with Crippen LogP contribution in [-0.2, 0) is 9.59 Å².